The maximum Gasteiger partial charge on any atom is 0.123 e. The highest BCUT2D eigenvalue weighted by Gasteiger charge is 2.28. The van der Waals surface area contributed by atoms with Crippen molar-refractivity contribution < 1.29 is 20.2 Å². The molecule has 0 saturated carbocycles. The van der Waals surface area contributed by atoms with Gasteiger partial charge >= 0.3 is 0 Å². The Morgan fingerprint density at radius 2 is 1.75 bits per heavy atom. The molecule has 5 heteroatoms. The summed E-state index contributed by atoms with van der Waals surface area (Å²) in [5, 5.41) is 26.4. The van der Waals surface area contributed by atoms with Crippen molar-refractivity contribution >= 4 is 0 Å². The third kappa shape index (κ3) is 3.19. The molecule has 0 aliphatic carbocycles. The number of hydrogen-bond acceptors (Lipinski definition) is 5. The summed E-state index contributed by atoms with van der Waals surface area (Å²) < 4.78 is 0. The van der Waals surface area contributed by atoms with Gasteiger partial charge in [-0.15, -0.1) is 5.48 Å². The summed E-state index contributed by atoms with van der Waals surface area (Å²) in [5.41, 5.74) is 1.17. The van der Waals surface area contributed by atoms with Crippen LogP contribution in [0.25, 0.3) is 0 Å². The van der Waals surface area contributed by atoms with Crippen LogP contribution >= 0.6 is 0 Å². The molecule has 72 valence electrons. The molecule has 0 heterocycles. The fourth-order valence-corrected chi connectivity index (χ4v) is 0.474. The van der Waals surface area contributed by atoms with Gasteiger partial charge in [-0.2, -0.15) is 0 Å². The van der Waals surface area contributed by atoms with E-state index in [0.717, 1.165) is 0 Å². The van der Waals surface area contributed by atoms with Crippen LogP contribution in [0.2, 0.25) is 0 Å². The fourth-order valence-electron chi connectivity index (χ4n) is 0.474. The molecule has 0 aromatic carbocycles. The molecule has 0 amide bonds. The molecule has 0 atom stereocenters. The summed E-state index contributed by atoms with van der Waals surface area (Å²) in [6.45, 7) is 0.535. The highest BCUT2D eigenvalue weighted by molar-refractivity contribution is 4.83. The standard InChI is InChI=1S/C7H15NO4/c1-2-3-12-8-7(4-9,5-10)6-11/h2-3,8-11H,4-6H2,1H3/b3-2+. The monoisotopic (exact) mass is 177 g/mol. The van der Waals surface area contributed by atoms with Crippen molar-refractivity contribution in [2.45, 2.75) is 12.5 Å². The SMILES string of the molecule is C/C=C/ONC(CO)(CO)CO. The van der Waals surface area contributed by atoms with E-state index in [2.05, 4.69) is 5.48 Å². The Hall–Kier alpha value is -0.620. The highest BCUT2D eigenvalue weighted by Crippen LogP contribution is 2.00. The van der Waals surface area contributed by atoms with E-state index in [9.17, 15) is 0 Å². The van der Waals surface area contributed by atoms with E-state index in [0.29, 0.717) is 0 Å². The third-order valence-electron chi connectivity index (χ3n) is 1.39. The molecular formula is C7H15NO4. The minimum absolute atomic E-state index is 0.405. The molecule has 0 aromatic heterocycles. The van der Waals surface area contributed by atoms with Gasteiger partial charge in [0, 0.05) is 0 Å². The molecule has 0 fully saturated rings. The zero-order valence-electron chi connectivity index (χ0n) is 7.03. The lowest BCUT2D eigenvalue weighted by Crippen LogP contribution is -2.54. The van der Waals surface area contributed by atoms with Crippen LogP contribution in [-0.2, 0) is 4.84 Å². The molecule has 0 aromatic rings. The summed E-state index contributed by atoms with van der Waals surface area (Å²) in [6.07, 6.45) is 2.97. The third-order valence-corrected chi connectivity index (χ3v) is 1.39. The number of hydrogen-bond donors (Lipinski definition) is 4. The Balaban J connectivity index is 3.92. The van der Waals surface area contributed by atoms with Crippen LogP contribution < -0.4 is 5.48 Å². The number of aliphatic hydroxyl groups is 3. The molecule has 12 heavy (non-hydrogen) atoms. The van der Waals surface area contributed by atoms with Gasteiger partial charge in [0.05, 0.1) is 19.8 Å². The lowest BCUT2D eigenvalue weighted by Gasteiger charge is -2.26. The summed E-state index contributed by atoms with van der Waals surface area (Å²) >= 11 is 0. The van der Waals surface area contributed by atoms with Crippen LogP contribution in [0.4, 0.5) is 0 Å². The first-order chi connectivity index (χ1) is 5.74. The molecule has 5 nitrogen and oxygen atoms in total. The largest absolute Gasteiger partial charge is 0.416 e. The summed E-state index contributed by atoms with van der Waals surface area (Å²) in [4.78, 5) is 4.71. The van der Waals surface area contributed by atoms with Crippen molar-refractivity contribution in [3.63, 3.8) is 0 Å². The molecule has 0 spiro atoms. The summed E-state index contributed by atoms with van der Waals surface area (Å²) in [5.74, 6) is 0. The number of allylic oxidation sites excluding steroid dienone is 1. The van der Waals surface area contributed by atoms with Gasteiger partial charge in [-0.3, -0.25) is 0 Å². The minimum Gasteiger partial charge on any atom is -0.416 e. The molecule has 0 aliphatic rings. The van der Waals surface area contributed by atoms with Crippen molar-refractivity contribution in [2.24, 2.45) is 0 Å². The zero-order chi connectivity index (χ0) is 9.45. The number of hydroxylamine groups is 1. The van der Waals surface area contributed by atoms with Crippen molar-refractivity contribution in [1.29, 1.82) is 0 Å². The van der Waals surface area contributed by atoms with Crippen LogP contribution in [0.3, 0.4) is 0 Å². The van der Waals surface area contributed by atoms with E-state index in [1.54, 1.807) is 13.0 Å². The molecule has 0 bridgehead atoms. The van der Waals surface area contributed by atoms with Gasteiger partial charge in [0.2, 0.25) is 0 Å². The Morgan fingerprint density at radius 3 is 2.08 bits per heavy atom. The van der Waals surface area contributed by atoms with Crippen molar-refractivity contribution in [2.75, 3.05) is 19.8 Å². The first-order valence-corrected chi connectivity index (χ1v) is 3.61. The summed E-state index contributed by atoms with van der Waals surface area (Å²) in [7, 11) is 0. The molecule has 0 unspecified atom stereocenters. The first kappa shape index (κ1) is 11.4. The average molecular weight is 177 g/mol. The maximum atomic E-state index is 8.79. The van der Waals surface area contributed by atoms with E-state index in [-0.39, 0.29) is 0 Å². The van der Waals surface area contributed by atoms with Crippen molar-refractivity contribution in [1.82, 2.24) is 5.48 Å². The lowest BCUT2D eigenvalue weighted by atomic mass is 10.1. The Morgan fingerprint density at radius 1 is 1.25 bits per heavy atom. The second-order valence-corrected chi connectivity index (χ2v) is 2.44. The van der Waals surface area contributed by atoms with Gasteiger partial charge in [-0.1, -0.05) is 6.08 Å². The first-order valence-electron chi connectivity index (χ1n) is 3.61. The minimum atomic E-state index is -1.18. The predicted octanol–water partition coefficient (Wildman–Crippen LogP) is -1.24. The van der Waals surface area contributed by atoms with Gasteiger partial charge < -0.3 is 20.2 Å². The smallest absolute Gasteiger partial charge is 0.123 e. The fraction of sp³-hybridized carbons (Fsp3) is 0.714. The molecule has 4 N–H and O–H groups in total. The molecule has 0 saturated heterocycles. The molecule has 0 aliphatic heterocycles. The molecule has 0 radical (unpaired) electrons. The van der Waals surface area contributed by atoms with E-state index in [1.165, 1.54) is 6.26 Å². The highest BCUT2D eigenvalue weighted by atomic mass is 16.6. The van der Waals surface area contributed by atoms with Crippen LogP contribution in [0.15, 0.2) is 12.3 Å². The lowest BCUT2D eigenvalue weighted by molar-refractivity contribution is -0.0480. The average Bonchev–Trinajstić information content (AvgIpc) is 2.14. The van der Waals surface area contributed by atoms with Gasteiger partial charge in [0.15, 0.2) is 0 Å². The van der Waals surface area contributed by atoms with E-state index < -0.39 is 25.4 Å². The van der Waals surface area contributed by atoms with Gasteiger partial charge in [0.25, 0.3) is 0 Å². The van der Waals surface area contributed by atoms with Crippen molar-refractivity contribution in [3.05, 3.63) is 12.3 Å². The maximum absolute atomic E-state index is 8.79. The topological polar surface area (TPSA) is 82.0 Å². The van der Waals surface area contributed by atoms with Gasteiger partial charge in [-0.05, 0) is 6.92 Å². The number of aliphatic hydroxyl groups excluding tert-OH is 3. The Labute approximate surface area is 71.2 Å². The quantitative estimate of drug-likeness (QED) is 0.301. The number of nitrogens with one attached hydrogen (secondary N) is 1. The van der Waals surface area contributed by atoms with E-state index in [1.807, 2.05) is 0 Å². The predicted molar refractivity (Wildman–Crippen MR) is 43.0 cm³/mol. The van der Waals surface area contributed by atoms with E-state index in [4.69, 9.17) is 20.2 Å². The van der Waals surface area contributed by atoms with Crippen LogP contribution in [0.5, 0.6) is 0 Å². The van der Waals surface area contributed by atoms with Crippen LogP contribution in [0.1, 0.15) is 6.92 Å². The van der Waals surface area contributed by atoms with Gasteiger partial charge in [-0.25, -0.2) is 0 Å². The second kappa shape index (κ2) is 5.96. The zero-order valence-corrected chi connectivity index (χ0v) is 7.03. The molecular weight excluding hydrogens is 162 g/mol. The van der Waals surface area contributed by atoms with E-state index >= 15 is 0 Å². The van der Waals surface area contributed by atoms with Gasteiger partial charge in [0.1, 0.15) is 11.8 Å². The van der Waals surface area contributed by atoms with Crippen LogP contribution in [0, 0.1) is 0 Å². The molecule has 0 rings (SSSR count). The Bertz CT molecular complexity index is 125. The van der Waals surface area contributed by atoms with Crippen LogP contribution in [-0.4, -0.2) is 40.7 Å². The number of rotatable bonds is 6. The normalized spacial score (nSPS) is 12.3. The van der Waals surface area contributed by atoms with Crippen molar-refractivity contribution in [3.8, 4) is 0 Å². The Kier molecular flexibility index (Phi) is 5.65. The summed E-state index contributed by atoms with van der Waals surface area (Å²) in [6, 6.07) is 0. The second-order valence-electron chi connectivity index (χ2n) is 2.44.